The summed E-state index contributed by atoms with van der Waals surface area (Å²) in [7, 11) is 1.92. The van der Waals surface area contributed by atoms with Crippen molar-refractivity contribution in [2.45, 2.75) is 6.92 Å². The topological polar surface area (TPSA) is 113 Å². The first-order valence-electron chi connectivity index (χ1n) is 9.06. The fourth-order valence-electron chi connectivity index (χ4n) is 2.96. The molecule has 1 amide bonds. The van der Waals surface area contributed by atoms with Crippen LogP contribution < -0.4 is 15.1 Å². The molecule has 150 valence electrons. The van der Waals surface area contributed by atoms with Gasteiger partial charge < -0.3 is 9.64 Å². The number of ether oxygens (including phenoxy) is 1. The average Bonchev–Trinajstić information content (AvgIpc) is 2.78. The molecule has 0 saturated carbocycles. The number of aromatic nitrogens is 4. The number of anilines is 2. The van der Waals surface area contributed by atoms with E-state index in [2.05, 4.69) is 19.9 Å². The second-order valence-electron chi connectivity index (χ2n) is 6.47. The number of fused-ring (bicyclic) bond motifs is 1. The Kier molecular flexibility index (Phi) is 5.19. The van der Waals surface area contributed by atoms with Gasteiger partial charge in [0.2, 0.25) is 0 Å². The molecule has 4 rings (SSSR count). The molecule has 2 aromatic carbocycles. The zero-order valence-electron chi connectivity index (χ0n) is 16.3. The maximum absolute atomic E-state index is 11.4. The third-order valence-electron chi connectivity index (χ3n) is 4.42. The van der Waals surface area contributed by atoms with Crippen LogP contribution in [-0.2, 0) is 0 Å². The zero-order valence-corrected chi connectivity index (χ0v) is 16.3. The molecule has 0 atom stereocenters. The Morgan fingerprint density at radius 3 is 2.60 bits per heavy atom. The summed E-state index contributed by atoms with van der Waals surface area (Å²) in [6.07, 6.45) is 2.53. The first-order valence-corrected chi connectivity index (χ1v) is 9.06. The molecular formula is C21H18N6O3. The van der Waals surface area contributed by atoms with Crippen LogP contribution in [0.1, 0.15) is 16.2 Å². The highest BCUT2D eigenvalue weighted by atomic mass is 16.5. The molecule has 9 nitrogen and oxygen atoms in total. The fourth-order valence-corrected chi connectivity index (χ4v) is 2.96. The summed E-state index contributed by atoms with van der Waals surface area (Å²) >= 11 is 0. The lowest BCUT2D eigenvalue weighted by Crippen LogP contribution is -2.19. The molecule has 0 saturated heterocycles. The number of carbonyl (C=O) groups is 1. The van der Waals surface area contributed by atoms with Gasteiger partial charge in [0.25, 0.3) is 5.91 Å². The van der Waals surface area contributed by atoms with Crippen molar-refractivity contribution in [2.24, 2.45) is 0 Å². The molecule has 30 heavy (non-hydrogen) atoms. The Morgan fingerprint density at radius 1 is 1.07 bits per heavy atom. The van der Waals surface area contributed by atoms with Crippen LogP contribution in [0.2, 0.25) is 0 Å². The number of amides is 1. The first kappa shape index (κ1) is 19.2. The summed E-state index contributed by atoms with van der Waals surface area (Å²) in [6.45, 7) is 1.86. The normalized spacial score (nSPS) is 10.6. The van der Waals surface area contributed by atoms with Gasteiger partial charge in [0, 0.05) is 36.6 Å². The van der Waals surface area contributed by atoms with Gasteiger partial charge in [-0.05, 0) is 31.2 Å². The second kappa shape index (κ2) is 8.10. The lowest BCUT2D eigenvalue weighted by molar-refractivity contribution is 0.0705. The van der Waals surface area contributed by atoms with Crippen molar-refractivity contribution < 1.29 is 14.7 Å². The van der Waals surface area contributed by atoms with E-state index in [-0.39, 0.29) is 11.6 Å². The number of rotatable bonds is 5. The van der Waals surface area contributed by atoms with E-state index in [0.29, 0.717) is 11.6 Å². The predicted molar refractivity (Wildman–Crippen MR) is 110 cm³/mol. The van der Waals surface area contributed by atoms with E-state index in [1.807, 2.05) is 61.3 Å². The number of carbonyl (C=O) groups excluding carboxylic acids is 1. The summed E-state index contributed by atoms with van der Waals surface area (Å²) in [5.41, 5.74) is 3.37. The lowest BCUT2D eigenvalue weighted by atomic mass is 10.2. The number of hydrogen-bond acceptors (Lipinski definition) is 8. The van der Waals surface area contributed by atoms with Crippen LogP contribution in [0.25, 0.3) is 10.9 Å². The van der Waals surface area contributed by atoms with E-state index < -0.39 is 5.91 Å². The molecule has 0 bridgehead atoms. The quantitative estimate of drug-likeness (QED) is 0.386. The molecule has 4 aromatic rings. The third-order valence-corrected chi connectivity index (χ3v) is 4.42. The summed E-state index contributed by atoms with van der Waals surface area (Å²) in [5, 5.41) is 9.59. The number of para-hydroxylation sites is 1. The summed E-state index contributed by atoms with van der Waals surface area (Å²) in [4.78, 5) is 30.4. The molecule has 2 N–H and O–H groups in total. The monoisotopic (exact) mass is 402 g/mol. The Morgan fingerprint density at radius 2 is 1.83 bits per heavy atom. The minimum absolute atomic E-state index is 0.0765. The van der Waals surface area contributed by atoms with Crippen LogP contribution in [0.5, 0.6) is 11.8 Å². The largest absolute Gasteiger partial charge is 0.424 e. The van der Waals surface area contributed by atoms with Crippen molar-refractivity contribution in [3.05, 3.63) is 72.3 Å². The number of nitrogens with zero attached hydrogens (tertiary/aromatic N) is 5. The number of benzene rings is 2. The molecule has 0 aliphatic carbocycles. The van der Waals surface area contributed by atoms with Crippen molar-refractivity contribution in [2.75, 3.05) is 11.9 Å². The smallest absolute Gasteiger partial charge is 0.321 e. The first-order chi connectivity index (χ1) is 14.5. The van der Waals surface area contributed by atoms with E-state index in [1.165, 1.54) is 17.9 Å². The highest BCUT2D eigenvalue weighted by molar-refractivity contribution is 5.92. The number of nitrogens with one attached hydrogen (secondary N) is 1. The van der Waals surface area contributed by atoms with Gasteiger partial charge in [0.1, 0.15) is 17.4 Å². The minimum atomic E-state index is -0.697. The van der Waals surface area contributed by atoms with Gasteiger partial charge >= 0.3 is 6.01 Å². The molecule has 0 aliphatic rings. The Labute approximate surface area is 172 Å². The van der Waals surface area contributed by atoms with Crippen molar-refractivity contribution in [3.8, 4) is 11.8 Å². The van der Waals surface area contributed by atoms with E-state index in [0.717, 1.165) is 22.4 Å². The van der Waals surface area contributed by atoms with E-state index in [4.69, 9.17) is 9.94 Å². The molecule has 0 unspecified atom stereocenters. The maximum Gasteiger partial charge on any atom is 0.321 e. The molecule has 2 heterocycles. The van der Waals surface area contributed by atoms with Gasteiger partial charge in [0.15, 0.2) is 0 Å². The molecule has 9 heteroatoms. The predicted octanol–water partition coefficient (Wildman–Crippen LogP) is 3.41. The van der Waals surface area contributed by atoms with Crippen molar-refractivity contribution >= 4 is 28.3 Å². The minimum Gasteiger partial charge on any atom is -0.424 e. The highest BCUT2D eigenvalue weighted by Gasteiger charge is 2.13. The van der Waals surface area contributed by atoms with Crippen LogP contribution in [0.4, 0.5) is 11.5 Å². The Balaban J connectivity index is 1.62. The van der Waals surface area contributed by atoms with Gasteiger partial charge in [-0.1, -0.05) is 18.2 Å². The summed E-state index contributed by atoms with van der Waals surface area (Å²) in [6, 6.07) is 15.3. The summed E-state index contributed by atoms with van der Waals surface area (Å²) < 4.78 is 5.71. The zero-order chi connectivity index (χ0) is 21.1. The van der Waals surface area contributed by atoms with Gasteiger partial charge in [-0.15, -0.1) is 0 Å². The second-order valence-corrected chi connectivity index (χ2v) is 6.47. The van der Waals surface area contributed by atoms with Crippen LogP contribution >= 0.6 is 0 Å². The van der Waals surface area contributed by atoms with Crippen LogP contribution in [0.3, 0.4) is 0 Å². The molecule has 0 radical (unpaired) electrons. The number of hydrogen-bond donors (Lipinski definition) is 2. The van der Waals surface area contributed by atoms with Gasteiger partial charge in [-0.2, -0.15) is 0 Å². The SMILES string of the molecule is Cc1nc(N(C)c2cccc(Oc3ncc(C(=O)NO)cn3)c2)c2ccccc2n1. The van der Waals surface area contributed by atoms with Gasteiger partial charge in [-0.25, -0.2) is 25.4 Å². The molecule has 0 fully saturated rings. The third kappa shape index (κ3) is 3.87. The van der Waals surface area contributed by atoms with E-state index in [9.17, 15) is 4.79 Å². The van der Waals surface area contributed by atoms with E-state index in [1.54, 1.807) is 6.07 Å². The standard InChI is InChI=1S/C21H18N6O3/c1-13-24-18-9-4-3-8-17(18)19(25-13)27(2)15-6-5-7-16(10-15)30-21-22-11-14(12-23-21)20(28)26-29/h3-12,29H,1-2H3,(H,26,28). The Hall–Kier alpha value is -4.11. The van der Waals surface area contributed by atoms with E-state index >= 15 is 0 Å². The van der Waals surface area contributed by atoms with Crippen LogP contribution in [-0.4, -0.2) is 38.1 Å². The average molecular weight is 402 g/mol. The molecular weight excluding hydrogens is 384 g/mol. The molecule has 2 aromatic heterocycles. The van der Waals surface area contributed by atoms with Crippen molar-refractivity contribution in [1.29, 1.82) is 0 Å². The lowest BCUT2D eigenvalue weighted by Gasteiger charge is -2.21. The summed E-state index contributed by atoms with van der Waals surface area (Å²) in [5.74, 6) is 1.29. The maximum atomic E-state index is 11.4. The van der Waals surface area contributed by atoms with Crippen LogP contribution in [0.15, 0.2) is 60.9 Å². The van der Waals surface area contributed by atoms with Crippen LogP contribution in [0, 0.1) is 6.92 Å². The van der Waals surface area contributed by atoms with Gasteiger partial charge in [-0.3, -0.25) is 10.0 Å². The van der Waals surface area contributed by atoms with Crippen molar-refractivity contribution in [1.82, 2.24) is 25.4 Å². The highest BCUT2D eigenvalue weighted by Crippen LogP contribution is 2.31. The van der Waals surface area contributed by atoms with Gasteiger partial charge in [0.05, 0.1) is 11.1 Å². The number of hydroxylamine groups is 1. The number of aryl methyl sites for hydroxylation is 1. The molecule has 0 spiro atoms. The Bertz CT molecular complexity index is 1210. The van der Waals surface area contributed by atoms with Crippen molar-refractivity contribution in [3.63, 3.8) is 0 Å². The fraction of sp³-hybridized carbons (Fsp3) is 0.0952. The molecule has 0 aliphatic heterocycles.